The second kappa shape index (κ2) is 8.70. The molecule has 0 atom stereocenters. The van der Waals surface area contributed by atoms with Gasteiger partial charge in [-0.1, -0.05) is 6.07 Å². The fraction of sp³-hybridized carbons (Fsp3) is 0.278. The number of anilines is 1. The highest BCUT2D eigenvalue weighted by Gasteiger charge is 2.10. The normalized spacial score (nSPS) is 10.6. The summed E-state index contributed by atoms with van der Waals surface area (Å²) in [5.74, 6) is 0.683. The van der Waals surface area contributed by atoms with Crippen LogP contribution in [0.5, 0.6) is 11.5 Å². The predicted octanol–water partition coefficient (Wildman–Crippen LogP) is 1.94. The number of carbonyl (C=O) groups is 2. The molecule has 2 aromatic rings. The van der Waals surface area contributed by atoms with Crippen LogP contribution in [-0.4, -0.2) is 42.5 Å². The summed E-state index contributed by atoms with van der Waals surface area (Å²) in [6, 6.07) is 6.86. The molecule has 0 bridgehead atoms. The van der Waals surface area contributed by atoms with Gasteiger partial charge in [-0.2, -0.15) is 5.10 Å². The number of rotatable bonds is 7. The summed E-state index contributed by atoms with van der Waals surface area (Å²) in [6.07, 6.45) is 2.90. The molecule has 8 nitrogen and oxygen atoms in total. The first-order chi connectivity index (χ1) is 12.4. The highest BCUT2D eigenvalue weighted by atomic mass is 16.5. The first-order valence-electron chi connectivity index (χ1n) is 7.80. The van der Waals surface area contributed by atoms with Gasteiger partial charge in [0.15, 0.2) is 18.1 Å². The molecule has 0 fully saturated rings. The van der Waals surface area contributed by atoms with Gasteiger partial charge in [0.1, 0.15) is 5.82 Å². The number of hydrogen-bond donors (Lipinski definition) is 1. The van der Waals surface area contributed by atoms with E-state index >= 15 is 0 Å². The van der Waals surface area contributed by atoms with E-state index in [-0.39, 0.29) is 12.5 Å². The molecule has 0 saturated heterocycles. The Labute approximate surface area is 151 Å². The Hall–Kier alpha value is -3.29. The lowest BCUT2D eigenvalue weighted by Gasteiger charge is -2.11. The number of carbonyl (C=O) groups excluding carboxylic acids is 2. The zero-order valence-electron chi connectivity index (χ0n) is 15.1. The van der Waals surface area contributed by atoms with E-state index in [4.69, 9.17) is 9.47 Å². The maximum atomic E-state index is 12.0. The number of ether oxygens (including phenoxy) is 3. The number of nitrogens with zero attached hydrogens (tertiary/aromatic N) is 2. The second-order valence-electron chi connectivity index (χ2n) is 5.40. The van der Waals surface area contributed by atoms with Crippen LogP contribution in [0.15, 0.2) is 30.3 Å². The molecular weight excluding hydrogens is 338 g/mol. The molecular formula is C18H21N3O5. The minimum absolute atomic E-state index is 0.183. The van der Waals surface area contributed by atoms with Crippen LogP contribution in [0.1, 0.15) is 11.3 Å². The Morgan fingerprint density at radius 2 is 2.00 bits per heavy atom. The topological polar surface area (TPSA) is 91.7 Å². The minimum atomic E-state index is -0.452. The smallest absolute Gasteiger partial charge is 0.330 e. The average molecular weight is 359 g/mol. The molecule has 138 valence electrons. The Morgan fingerprint density at radius 1 is 1.23 bits per heavy atom. The molecule has 0 unspecified atom stereocenters. The van der Waals surface area contributed by atoms with Gasteiger partial charge in [-0.15, -0.1) is 0 Å². The lowest BCUT2D eigenvalue weighted by molar-refractivity contribution is -0.134. The van der Waals surface area contributed by atoms with Crippen LogP contribution in [0.25, 0.3) is 6.08 Å². The minimum Gasteiger partial charge on any atom is -0.493 e. The number of hydrogen-bond acceptors (Lipinski definition) is 6. The maximum Gasteiger partial charge on any atom is 0.330 e. The third-order valence-electron chi connectivity index (χ3n) is 3.43. The Balaban J connectivity index is 2.00. The van der Waals surface area contributed by atoms with Crippen molar-refractivity contribution < 1.29 is 23.8 Å². The SMILES string of the molecule is COC(=O)/C=C/c1ccc(OCC(=O)Nc2cc(C)nn2C)c(OC)c1. The quantitative estimate of drug-likeness (QED) is 0.600. The van der Waals surface area contributed by atoms with Crippen molar-refractivity contribution in [1.29, 1.82) is 0 Å². The summed E-state index contributed by atoms with van der Waals surface area (Å²) < 4.78 is 16.9. The molecule has 1 amide bonds. The van der Waals surface area contributed by atoms with Crippen LogP contribution in [0.3, 0.4) is 0 Å². The Morgan fingerprint density at radius 3 is 2.62 bits per heavy atom. The van der Waals surface area contributed by atoms with Crippen molar-refractivity contribution >= 4 is 23.8 Å². The predicted molar refractivity (Wildman–Crippen MR) is 96.1 cm³/mol. The van der Waals surface area contributed by atoms with Gasteiger partial charge in [0.2, 0.25) is 0 Å². The van der Waals surface area contributed by atoms with Gasteiger partial charge in [-0.05, 0) is 30.7 Å². The number of nitrogens with one attached hydrogen (secondary N) is 1. The molecule has 8 heteroatoms. The fourth-order valence-corrected chi connectivity index (χ4v) is 2.19. The molecule has 0 saturated carbocycles. The van der Waals surface area contributed by atoms with E-state index in [0.717, 1.165) is 11.3 Å². The van der Waals surface area contributed by atoms with Crippen molar-refractivity contribution in [3.8, 4) is 11.5 Å². The average Bonchev–Trinajstić information content (AvgIpc) is 2.94. The largest absolute Gasteiger partial charge is 0.493 e. The third-order valence-corrected chi connectivity index (χ3v) is 3.43. The van der Waals surface area contributed by atoms with Crippen molar-refractivity contribution in [1.82, 2.24) is 9.78 Å². The van der Waals surface area contributed by atoms with Crippen molar-refractivity contribution in [2.24, 2.45) is 7.05 Å². The van der Waals surface area contributed by atoms with E-state index in [0.29, 0.717) is 17.3 Å². The number of esters is 1. The molecule has 0 spiro atoms. The molecule has 0 radical (unpaired) electrons. The highest BCUT2D eigenvalue weighted by Crippen LogP contribution is 2.28. The zero-order chi connectivity index (χ0) is 19.1. The first-order valence-corrected chi connectivity index (χ1v) is 7.80. The Bertz CT molecular complexity index is 826. The molecule has 1 aromatic carbocycles. The van der Waals surface area contributed by atoms with Crippen LogP contribution in [-0.2, 0) is 21.4 Å². The van der Waals surface area contributed by atoms with E-state index in [1.165, 1.54) is 20.3 Å². The van der Waals surface area contributed by atoms with E-state index in [1.54, 1.807) is 42.1 Å². The van der Waals surface area contributed by atoms with E-state index in [2.05, 4.69) is 15.2 Å². The second-order valence-corrected chi connectivity index (χ2v) is 5.40. The molecule has 26 heavy (non-hydrogen) atoms. The van der Waals surface area contributed by atoms with E-state index in [9.17, 15) is 9.59 Å². The van der Waals surface area contributed by atoms with Gasteiger partial charge < -0.3 is 19.5 Å². The maximum absolute atomic E-state index is 12.0. The lowest BCUT2D eigenvalue weighted by Crippen LogP contribution is -2.21. The molecule has 0 aliphatic rings. The van der Waals surface area contributed by atoms with Gasteiger partial charge in [0, 0.05) is 19.2 Å². The van der Waals surface area contributed by atoms with Crippen LogP contribution >= 0.6 is 0 Å². The number of aryl methyl sites for hydroxylation is 2. The number of aromatic nitrogens is 2. The van der Waals surface area contributed by atoms with Gasteiger partial charge in [0.25, 0.3) is 5.91 Å². The summed E-state index contributed by atoms with van der Waals surface area (Å²) in [7, 11) is 4.55. The number of methoxy groups -OCH3 is 2. The van der Waals surface area contributed by atoms with Gasteiger partial charge in [-0.25, -0.2) is 4.79 Å². The van der Waals surface area contributed by atoms with Crippen LogP contribution < -0.4 is 14.8 Å². The number of benzene rings is 1. The zero-order valence-corrected chi connectivity index (χ0v) is 15.1. The van der Waals surface area contributed by atoms with E-state index < -0.39 is 5.97 Å². The fourth-order valence-electron chi connectivity index (χ4n) is 2.19. The summed E-state index contributed by atoms with van der Waals surface area (Å²) >= 11 is 0. The van der Waals surface area contributed by atoms with Crippen molar-refractivity contribution in [2.45, 2.75) is 6.92 Å². The van der Waals surface area contributed by atoms with Gasteiger partial charge in [0.05, 0.1) is 19.9 Å². The third kappa shape index (κ3) is 5.10. The molecule has 0 aliphatic carbocycles. The van der Waals surface area contributed by atoms with Crippen molar-refractivity contribution in [2.75, 3.05) is 26.1 Å². The van der Waals surface area contributed by atoms with Crippen LogP contribution in [0.2, 0.25) is 0 Å². The molecule has 1 aromatic heterocycles. The molecule has 1 heterocycles. The summed E-state index contributed by atoms with van der Waals surface area (Å²) in [6.45, 7) is 1.66. The molecule has 0 aliphatic heterocycles. The molecule has 2 rings (SSSR count). The molecule has 1 N–H and O–H groups in total. The lowest BCUT2D eigenvalue weighted by atomic mass is 10.2. The van der Waals surface area contributed by atoms with Crippen LogP contribution in [0, 0.1) is 6.92 Å². The Kier molecular flexibility index (Phi) is 6.37. The van der Waals surface area contributed by atoms with Crippen molar-refractivity contribution in [3.63, 3.8) is 0 Å². The number of amides is 1. The highest BCUT2D eigenvalue weighted by molar-refractivity contribution is 5.91. The summed E-state index contributed by atoms with van der Waals surface area (Å²) in [5.41, 5.74) is 1.54. The van der Waals surface area contributed by atoms with Crippen LogP contribution in [0.4, 0.5) is 5.82 Å². The standard InChI is InChI=1S/C18H21N3O5/c1-12-9-16(21(2)20-12)19-17(22)11-26-14-7-5-13(10-15(14)24-3)6-8-18(23)25-4/h5-10H,11H2,1-4H3,(H,19,22)/b8-6+. The van der Waals surface area contributed by atoms with Gasteiger partial charge >= 0.3 is 5.97 Å². The summed E-state index contributed by atoms with van der Waals surface area (Å²) in [5, 5.41) is 6.88. The van der Waals surface area contributed by atoms with E-state index in [1.807, 2.05) is 6.92 Å². The van der Waals surface area contributed by atoms with Gasteiger partial charge in [-0.3, -0.25) is 9.48 Å². The van der Waals surface area contributed by atoms with Crippen molar-refractivity contribution in [3.05, 3.63) is 41.6 Å². The monoisotopic (exact) mass is 359 g/mol. The summed E-state index contributed by atoms with van der Waals surface area (Å²) in [4.78, 5) is 23.2. The first kappa shape index (κ1) is 19.0.